The molecule has 196 valence electrons. The number of hydrogen-bond donors (Lipinski definition) is 2. The van der Waals surface area contributed by atoms with Crippen LogP contribution in [0.3, 0.4) is 0 Å². The Hall–Kier alpha value is -5.51. The van der Waals surface area contributed by atoms with Crippen LogP contribution in [0.1, 0.15) is 0 Å². The van der Waals surface area contributed by atoms with Crippen LogP contribution in [0.15, 0.2) is 97.5 Å². The summed E-state index contributed by atoms with van der Waals surface area (Å²) >= 11 is 0. The summed E-state index contributed by atoms with van der Waals surface area (Å²) in [5.41, 5.74) is 5.02. The number of hydrogen-bond acceptors (Lipinski definition) is 6. The van der Waals surface area contributed by atoms with Gasteiger partial charge < -0.3 is 24.1 Å². The second-order valence-electron chi connectivity index (χ2n) is 8.28. The van der Waals surface area contributed by atoms with E-state index in [1.807, 2.05) is 47.3 Å². The monoisotopic (exact) mass is 523 g/mol. The van der Waals surface area contributed by atoms with Crippen LogP contribution in [-0.2, 0) is 4.79 Å². The molecule has 0 saturated heterocycles. The average molecular weight is 524 g/mol. The number of hydrazine groups is 1. The third-order valence-electron chi connectivity index (χ3n) is 5.90. The highest BCUT2D eigenvalue weighted by Crippen LogP contribution is 2.37. The van der Waals surface area contributed by atoms with E-state index in [-0.39, 0.29) is 0 Å². The number of aromatic nitrogens is 2. The number of fused-ring (bicyclic) bond motifs is 1. The largest absolute Gasteiger partial charge is 0.493 e. The molecule has 2 heterocycles. The Morgan fingerprint density at radius 2 is 1.62 bits per heavy atom. The fourth-order valence-corrected chi connectivity index (χ4v) is 4.06. The Labute approximate surface area is 224 Å². The second kappa shape index (κ2) is 11.3. The van der Waals surface area contributed by atoms with Crippen molar-refractivity contribution in [3.8, 4) is 28.7 Å². The Balaban J connectivity index is 1.28. The van der Waals surface area contributed by atoms with Gasteiger partial charge in [-0.15, -0.1) is 0 Å². The van der Waals surface area contributed by atoms with Crippen LogP contribution in [-0.4, -0.2) is 36.2 Å². The molecule has 2 N–H and O–H groups in total. The molecule has 0 aliphatic rings. The van der Waals surface area contributed by atoms with Crippen LogP contribution >= 0.6 is 0 Å². The number of carbonyl (C=O) groups excluding carboxylic acids is 2. The van der Waals surface area contributed by atoms with Gasteiger partial charge in [-0.3, -0.25) is 9.78 Å². The van der Waals surface area contributed by atoms with Crippen LogP contribution in [0, 0.1) is 0 Å². The van der Waals surface area contributed by atoms with Crippen LogP contribution in [0.5, 0.6) is 23.0 Å². The van der Waals surface area contributed by atoms with E-state index in [0.29, 0.717) is 46.3 Å². The minimum absolute atomic E-state index is 0.510. The summed E-state index contributed by atoms with van der Waals surface area (Å²) in [6.07, 6.45) is 5.90. The van der Waals surface area contributed by atoms with E-state index >= 15 is 0 Å². The molecule has 0 aliphatic carbocycles. The van der Waals surface area contributed by atoms with Crippen LogP contribution in [0.25, 0.3) is 16.6 Å². The predicted molar refractivity (Wildman–Crippen MR) is 148 cm³/mol. The van der Waals surface area contributed by atoms with Crippen molar-refractivity contribution in [2.24, 2.45) is 0 Å². The first kappa shape index (κ1) is 25.2. The van der Waals surface area contributed by atoms with Gasteiger partial charge in [-0.2, -0.15) is 0 Å². The molecule has 39 heavy (non-hydrogen) atoms. The first-order valence-corrected chi connectivity index (χ1v) is 11.9. The quantitative estimate of drug-likeness (QED) is 0.194. The van der Waals surface area contributed by atoms with E-state index in [4.69, 9.17) is 14.2 Å². The topological polar surface area (TPSA) is 107 Å². The Kier molecular flexibility index (Phi) is 7.26. The number of ether oxygens (including phenoxy) is 3. The van der Waals surface area contributed by atoms with E-state index in [1.54, 1.807) is 68.9 Å². The van der Waals surface area contributed by atoms with Crippen molar-refractivity contribution in [2.45, 2.75) is 0 Å². The predicted octanol–water partition coefficient (Wildman–Crippen LogP) is 5.53. The molecule has 10 nitrogen and oxygen atoms in total. The highest BCUT2D eigenvalue weighted by atomic mass is 16.5. The summed E-state index contributed by atoms with van der Waals surface area (Å²) in [6.45, 7) is 0. The van der Waals surface area contributed by atoms with E-state index < -0.39 is 6.03 Å². The van der Waals surface area contributed by atoms with E-state index in [2.05, 4.69) is 15.7 Å². The third-order valence-corrected chi connectivity index (χ3v) is 5.90. The Morgan fingerprint density at radius 3 is 2.33 bits per heavy atom. The van der Waals surface area contributed by atoms with E-state index in [9.17, 15) is 9.59 Å². The van der Waals surface area contributed by atoms with Crippen LogP contribution < -0.4 is 30.0 Å². The maximum absolute atomic E-state index is 12.7. The molecule has 3 aromatic carbocycles. The lowest BCUT2D eigenvalue weighted by molar-refractivity contribution is -0.107. The number of amides is 3. The van der Waals surface area contributed by atoms with Gasteiger partial charge in [-0.1, -0.05) is 12.1 Å². The summed E-state index contributed by atoms with van der Waals surface area (Å²) in [6, 6.07) is 22.6. The molecule has 5 rings (SSSR count). The molecule has 0 fully saturated rings. The molecule has 0 bridgehead atoms. The van der Waals surface area contributed by atoms with Crippen molar-refractivity contribution in [1.29, 1.82) is 0 Å². The van der Waals surface area contributed by atoms with Crippen molar-refractivity contribution in [1.82, 2.24) is 15.0 Å². The molecule has 0 saturated carbocycles. The van der Waals surface area contributed by atoms with Crippen molar-refractivity contribution in [3.63, 3.8) is 0 Å². The van der Waals surface area contributed by atoms with Gasteiger partial charge in [0.2, 0.25) is 6.41 Å². The standard InChI is InChI=1S/C29H25N5O5/c1-37-27-17-22-23(18-28(27)38-2)30-14-13-26(22)39-21-11-9-20(10-12-21)31-29(36)32-34(19-35)25-8-4-3-7-24(25)33-15-5-6-16-33/h3-19H,1-2H3,(H2,31,32,36). The lowest BCUT2D eigenvalue weighted by atomic mass is 10.2. The number of benzene rings is 3. The molecule has 0 spiro atoms. The molecule has 0 unspecified atom stereocenters. The third kappa shape index (κ3) is 5.44. The maximum Gasteiger partial charge on any atom is 0.338 e. The number of nitrogens with one attached hydrogen (secondary N) is 2. The lowest BCUT2D eigenvalue weighted by Crippen LogP contribution is -2.44. The molecule has 2 aromatic heterocycles. The first-order valence-electron chi connectivity index (χ1n) is 11.9. The Morgan fingerprint density at radius 1 is 0.897 bits per heavy atom. The molecular weight excluding hydrogens is 498 g/mol. The van der Waals surface area contributed by atoms with Gasteiger partial charge in [0.25, 0.3) is 0 Å². The zero-order valence-electron chi connectivity index (χ0n) is 21.2. The molecule has 5 aromatic rings. The molecule has 0 aliphatic heterocycles. The van der Waals surface area contributed by atoms with Crippen LogP contribution in [0.2, 0.25) is 0 Å². The second-order valence-corrected chi connectivity index (χ2v) is 8.28. The van der Waals surface area contributed by atoms with Gasteiger partial charge in [0.1, 0.15) is 11.5 Å². The zero-order chi connectivity index (χ0) is 27.2. The molecular formula is C29H25N5O5. The summed E-state index contributed by atoms with van der Waals surface area (Å²) in [7, 11) is 3.14. The van der Waals surface area contributed by atoms with Gasteiger partial charge in [0.05, 0.1) is 31.1 Å². The van der Waals surface area contributed by atoms with Gasteiger partial charge in [0, 0.05) is 35.7 Å². The van der Waals surface area contributed by atoms with Crippen molar-refractivity contribution < 1.29 is 23.8 Å². The van der Waals surface area contributed by atoms with Crippen molar-refractivity contribution in [2.75, 3.05) is 24.5 Å². The lowest BCUT2D eigenvalue weighted by Gasteiger charge is -2.22. The molecule has 0 radical (unpaired) electrons. The minimum atomic E-state index is -0.584. The highest BCUT2D eigenvalue weighted by molar-refractivity contribution is 5.94. The molecule has 3 amide bonds. The fraction of sp³-hybridized carbons (Fsp3) is 0.0690. The number of carbonyl (C=O) groups is 2. The van der Waals surface area contributed by atoms with Crippen LogP contribution in [0.4, 0.5) is 16.2 Å². The summed E-state index contributed by atoms with van der Waals surface area (Å²) in [5.74, 6) is 2.28. The number of para-hydroxylation sites is 2. The van der Waals surface area contributed by atoms with Crippen molar-refractivity contribution in [3.05, 3.63) is 97.5 Å². The number of urea groups is 1. The number of anilines is 2. The number of nitrogens with zero attached hydrogens (tertiary/aromatic N) is 3. The summed E-state index contributed by atoms with van der Waals surface area (Å²) in [4.78, 5) is 28.9. The first-order chi connectivity index (χ1) is 19.1. The highest BCUT2D eigenvalue weighted by Gasteiger charge is 2.15. The SMILES string of the molecule is COc1cc2nccc(Oc3ccc(NC(=O)NN(C=O)c4ccccc4-n4cccc4)cc3)c2cc1OC. The van der Waals surface area contributed by atoms with Gasteiger partial charge in [-0.25, -0.2) is 15.2 Å². The van der Waals surface area contributed by atoms with E-state index in [0.717, 1.165) is 16.1 Å². The summed E-state index contributed by atoms with van der Waals surface area (Å²) < 4.78 is 18.7. The van der Waals surface area contributed by atoms with Crippen molar-refractivity contribution >= 4 is 34.7 Å². The van der Waals surface area contributed by atoms with Gasteiger partial charge in [-0.05, 0) is 60.7 Å². The molecule has 0 atom stereocenters. The Bertz CT molecular complexity index is 1600. The van der Waals surface area contributed by atoms with E-state index in [1.165, 1.54) is 0 Å². The zero-order valence-corrected chi connectivity index (χ0v) is 21.2. The number of methoxy groups -OCH3 is 2. The maximum atomic E-state index is 12.7. The fourth-order valence-electron chi connectivity index (χ4n) is 4.06. The summed E-state index contributed by atoms with van der Waals surface area (Å²) in [5, 5.41) is 4.61. The number of pyridine rings is 1. The minimum Gasteiger partial charge on any atom is -0.493 e. The average Bonchev–Trinajstić information content (AvgIpc) is 3.51. The van der Waals surface area contributed by atoms with Gasteiger partial charge in [0.15, 0.2) is 11.5 Å². The van der Waals surface area contributed by atoms with Gasteiger partial charge >= 0.3 is 6.03 Å². The number of rotatable bonds is 9. The molecule has 10 heteroatoms. The normalized spacial score (nSPS) is 10.5. The smallest absolute Gasteiger partial charge is 0.338 e.